The van der Waals surface area contributed by atoms with Crippen molar-refractivity contribution in [3.63, 3.8) is 0 Å². The van der Waals surface area contributed by atoms with Crippen LogP contribution in [0.5, 0.6) is 0 Å². The Morgan fingerprint density at radius 2 is 1.93 bits per heavy atom. The number of aliphatic hydroxyl groups is 1. The first kappa shape index (κ1) is 11.6. The molecule has 0 aliphatic heterocycles. The average Bonchev–Trinajstić information content (AvgIpc) is 2.18. The molecule has 0 aliphatic rings. The van der Waals surface area contributed by atoms with Crippen molar-refractivity contribution in [2.45, 2.75) is 37.2 Å². The predicted molar refractivity (Wildman–Crippen MR) is 62.7 cm³/mol. The summed E-state index contributed by atoms with van der Waals surface area (Å²) in [5, 5.41) is 9.06. The third-order valence-corrected chi connectivity index (χ3v) is 3.13. The fraction of sp³-hybridized carbons (Fsp3) is 0.500. The Hall–Kier alpha value is -0.470. The summed E-state index contributed by atoms with van der Waals surface area (Å²) < 4.78 is 0. The van der Waals surface area contributed by atoms with E-state index in [0.29, 0.717) is 0 Å². The van der Waals surface area contributed by atoms with Gasteiger partial charge in [-0.15, -0.1) is 11.8 Å². The van der Waals surface area contributed by atoms with Crippen molar-refractivity contribution in [3.05, 3.63) is 30.3 Å². The van der Waals surface area contributed by atoms with E-state index < -0.39 is 0 Å². The Labute approximate surface area is 90.5 Å². The Morgan fingerprint density at radius 3 is 2.57 bits per heavy atom. The van der Waals surface area contributed by atoms with E-state index in [1.807, 2.05) is 24.8 Å². The summed E-state index contributed by atoms with van der Waals surface area (Å²) in [5.74, 6) is 1.15. The van der Waals surface area contributed by atoms with Gasteiger partial charge in [0.25, 0.3) is 0 Å². The second kappa shape index (κ2) is 6.91. The van der Waals surface area contributed by atoms with E-state index >= 15 is 0 Å². The first-order valence-corrected chi connectivity index (χ1v) is 6.13. The van der Waals surface area contributed by atoms with Gasteiger partial charge < -0.3 is 5.11 Å². The molecular formula is C12H18OS. The van der Waals surface area contributed by atoms with Crippen LogP contribution in [0.25, 0.3) is 0 Å². The van der Waals surface area contributed by atoms with E-state index in [2.05, 4.69) is 24.3 Å². The summed E-state index contributed by atoms with van der Waals surface area (Å²) in [6, 6.07) is 10.5. The highest BCUT2D eigenvalue weighted by Gasteiger charge is 1.96. The maximum Gasteiger partial charge on any atom is 0.0512 e. The lowest BCUT2D eigenvalue weighted by Crippen LogP contribution is -1.98. The molecule has 0 fully saturated rings. The van der Waals surface area contributed by atoms with Crippen LogP contribution in [0, 0.1) is 0 Å². The van der Waals surface area contributed by atoms with Gasteiger partial charge in [-0.2, -0.15) is 0 Å². The first-order valence-electron chi connectivity index (χ1n) is 5.15. The van der Waals surface area contributed by atoms with Gasteiger partial charge in [0, 0.05) is 4.90 Å². The molecule has 1 aromatic rings. The summed E-state index contributed by atoms with van der Waals surface area (Å²) in [7, 11) is 0. The van der Waals surface area contributed by atoms with Gasteiger partial charge in [-0.05, 0) is 37.7 Å². The van der Waals surface area contributed by atoms with E-state index in [1.54, 1.807) is 0 Å². The second-order valence-corrected chi connectivity index (χ2v) is 4.67. The van der Waals surface area contributed by atoms with Gasteiger partial charge >= 0.3 is 0 Å². The van der Waals surface area contributed by atoms with Gasteiger partial charge in [0.15, 0.2) is 0 Å². The van der Waals surface area contributed by atoms with E-state index in [4.69, 9.17) is 5.11 Å². The van der Waals surface area contributed by atoms with Crippen LogP contribution in [-0.4, -0.2) is 17.0 Å². The number of hydrogen-bond acceptors (Lipinski definition) is 2. The van der Waals surface area contributed by atoms with E-state index in [1.165, 1.54) is 11.3 Å². The number of thioether (sulfide) groups is 1. The molecule has 0 radical (unpaired) electrons. The number of rotatable bonds is 6. The van der Waals surface area contributed by atoms with Crippen LogP contribution >= 0.6 is 11.8 Å². The zero-order chi connectivity index (χ0) is 10.2. The molecule has 0 amide bonds. The van der Waals surface area contributed by atoms with Gasteiger partial charge in [0.1, 0.15) is 0 Å². The van der Waals surface area contributed by atoms with Gasteiger partial charge in [-0.25, -0.2) is 0 Å². The molecule has 2 heteroatoms. The Kier molecular flexibility index (Phi) is 5.72. The molecule has 0 aliphatic carbocycles. The molecule has 0 saturated carbocycles. The molecule has 0 saturated heterocycles. The highest BCUT2D eigenvalue weighted by atomic mass is 32.2. The zero-order valence-electron chi connectivity index (χ0n) is 8.65. The van der Waals surface area contributed by atoms with Crippen LogP contribution < -0.4 is 0 Å². The van der Waals surface area contributed by atoms with Gasteiger partial charge in [0.05, 0.1) is 6.10 Å². The highest BCUT2D eigenvalue weighted by Crippen LogP contribution is 2.18. The van der Waals surface area contributed by atoms with Crippen molar-refractivity contribution in [3.8, 4) is 0 Å². The summed E-state index contributed by atoms with van der Waals surface area (Å²) >= 11 is 1.89. The van der Waals surface area contributed by atoms with Crippen molar-refractivity contribution in [1.82, 2.24) is 0 Å². The molecule has 14 heavy (non-hydrogen) atoms. The van der Waals surface area contributed by atoms with Gasteiger partial charge in [-0.1, -0.05) is 24.6 Å². The standard InChI is InChI=1S/C12H18OS/c1-11(13)7-5-6-10-14-12-8-3-2-4-9-12/h2-4,8-9,11,13H,5-7,10H2,1H3/t11-/m1/s1. The van der Waals surface area contributed by atoms with Crippen molar-refractivity contribution < 1.29 is 5.11 Å². The SMILES string of the molecule is C[C@@H](O)CCCCSc1ccccc1. The number of aliphatic hydroxyl groups excluding tert-OH is 1. The topological polar surface area (TPSA) is 20.2 Å². The number of unbranched alkanes of at least 4 members (excludes halogenated alkanes) is 1. The molecular weight excluding hydrogens is 192 g/mol. The fourth-order valence-corrected chi connectivity index (χ4v) is 2.18. The fourth-order valence-electron chi connectivity index (χ4n) is 1.25. The largest absolute Gasteiger partial charge is 0.393 e. The second-order valence-electron chi connectivity index (χ2n) is 3.51. The molecule has 1 aromatic carbocycles. The number of hydrogen-bond donors (Lipinski definition) is 1. The minimum Gasteiger partial charge on any atom is -0.393 e. The maximum absolute atomic E-state index is 9.06. The van der Waals surface area contributed by atoms with Crippen LogP contribution in [-0.2, 0) is 0 Å². The monoisotopic (exact) mass is 210 g/mol. The molecule has 1 atom stereocenters. The Bertz CT molecular complexity index is 233. The Balaban J connectivity index is 2.05. The summed E-state index contributed by atoms with van der Waals surface area (Å²) in [6.45, 7) is 1.85. The zero-order valence-corrected chi connectivity index (χ0v) is 9.46. The van der Waals surface area contributed by atoms with Gasteiger partial charge in [0.2, 0.25) is 0 Å². The molecule has 0 spiro atoms. The third kappa shape index (κ3) is 5.30. The van der Waals surface area contributed by atoms with E-state index in [9.17, 15) is 0 Å². The molecule has 0 bridgehead atoms. The first-order chi connectivity index (χ1) is 6.79. The molecule has 1 nitrogen and oxygen atoms in total. The van der Waals surface area contributed by atoms with Crippen molar-refractivity contribution in [2.75, 3.05) is 5.75 Å². The quantitative estimate of drug-likeness (QED) is 0.574. The molecule has 78 valence electrons. The summed E-state index contributed by atoms with van der Waals surface area (Å²) in [5.41, 5.74) is 0. The lowest BCUT2D eigenvalue weighted by Gasteiger charge is -2.03. The Morgan fingerprint density at radius 1 is 1.21 bits per heavy atom. The third-order valence-electron chi connectivity index (χ3n) is 2.03. The van der Waals surface area contributed by atoms with Gasteiger partial charge in [-0.3, -0.25) is 0 Å². The molecule has 0 aromatic heterocycles. The number of benzene rings is 1. The lowest BCUT2D eigenvalue weighted by atomic mass is 10.2. The smallest absolute Gasteiger partial charge is 0.0512 e. The molecule has 1 N–H and O–H groups in total. The average molecular weight is 210 g/mol. The molecule has 0 heterocycles. The maximum atomic E-state index is 9.06. The highest BCUT2D eigenvalue weighted by molar-refractivity contribution is 7.99. The van der Waals surface area contributed by atoms with Crippen molar-refractivity contribution >= 4 is 11.8 Å². The minimum atomic E-state index is -0.142. The van der Waals surface area contributed by atoms with Crippen molar-refractivity contribution in [1.29, 1.82) is 0 Å². The summed E-state index contributed by atoms with van der Waals surface area (Å²) in [6.07, 6.45) is 3.09. The van der Waals surface area contributed by atoms with E-state index in [0.717, 1.165) is 18.6 Å². The van der Waals surface area contributed by atoms with Crippen molar-refractivity contribution in [2.24, 2.45) is 0 Å². The van der Waals surface area contributed by atoms with Crippen LogP contribution in [0.15, 0.2) is 35.2 Å². The van der Waals surface area contributed by atoms with E-state index in [-0.39, 0.29) is 6.10 Å². The van der Waals surface area contributed by atoms with Crippen LogP contribution in [0.2, 0.25) is 0 Å². The normalized spacial score (nSPS) is 12.7. The van der Waals surface area contributed by atoms with Crippen LogP contribution in [0.4, 0.5) is 0 Å². The minimum absolute atomic E-state index is 0.142. The lowest BCUT2D eigenvalue weighted by molar-refractivity contribution is 0.181. The van der Waals surface area contributed by atoms with Crippen LogP contribution in [0.3, 0.4) is 0 Å². The predicted octanol–water partition coefficient (Wildman–Crippen LogP) is 3.33. The molecule has 0 unspecified atom stereocenters. The van der Waals surface area contributed by atoms with Crippen LogP contribution in [0.1, 0.15) is 26.2 Å². The summed E-state index contributed by atoms with van der Waals surface area (Å²) in [4.78, 5) is 1.34. The molecule has 1 rings (SSSR count).